The van der Waals surface area contributed by atoms with Crippen molar-refractivity contribution in [1.29, 1.82) is 0 Å². The molecular weight excluding hydrogens is 278 g/mol. The van der Waals surface area contributed by atoms with E-state index in [2.05, 4.69) is 51.8 Å². The lowest BCUT2D eigenvalue weighted by Crippen LogP contribution is -2.22. The molecule has 2 N–H and O–H groups in total. The molecule has 0 saturated carbocycles. The van der Waals surface area contributed by atoms with Crippen LogP contribution < -0.4 is 5.73 Å². The number of nitrogens with two attached hydrogens (primary N) is 1. The fourth-order valence-corrected chi connectivity index (χ4v) is 3.27. The van der Waals surface area contributed by atoms with Gasteiger partial charge in [-0.3, -0.25) is 0 Å². The highest BCUT2D eigenvalue weighted by molar-refractivity contribution is 7.13. The number of aromatic nitrogens is 1. The van der Waals surface area contributed by atoms with Gasteiger partial charge in [0.15, 0.2) is 5.13 Å². The normalized spacial score (nSPS) is 17.8. The highest BCUT2D eigenvalue weighted by atomic mass is 32.1. The Bertz CT molecular complexity index is 607. The van der Waals surface area contributed by atoms with Gasteiger partial charge in [-0.15, -0.1) is 11.3 Å². The smallest absolute Gasteiger partial charge is 0.180 e. The van der Waals surface area contributed by atoms with Gasteiger partial charge in [0, 0.05) is 18.5 Å². The van der Waals surface area contributed by atoms with E-state index in [1.165, 1.54) is 22.5 Å². The summed E-state index contributed by atoms with van der Waals surface area (Å²) in [7, 11) is 0. The third-order valence-electron chi connectivity index (χ3n) is 3.83. The molecule has 0 spiro atoms. The van der Waals surface area contributed by atoms with Crippen molar-refractivity contribution in [2.75, 3.05) is 18.8 Å². The van der Waals surface area contributed by atoms with Crippen LogP contribution in [-0.4, -0.2) is 23.0 Å². The van der Waals surface area contributed by atoms with Crippen LogP contribution >= 0.6 is 11.3 Å². The van der Waals surface area contributed by atoms with E-state index in [0.29, 0.717) is 5.13 Å². The van der Waals surface area contributed by atoms with Gasteiger partial charge in [-0.25, -0.2) is 4.98 Å². The lowest BCUT2D eigenvalue weighted by molar-refractivity contribution is 0.401. The van der Waals surface area contributed by atoms with E-state index in [-0.39, 0.29) is 0 Å². The van der Waals surface area contributed by atoms with Crippen LogP contribution in [-0.2, 0) is 6.42 Å². The quantitative estimate of drug-likeness (QED) is 0.843. The third kappa shape index (κ3) is 3.85. The molecular formula is C17H21N3S. The maximum Gasteiger partial charge on any atom is 0.180 e. The van der Waals surface area contributed by atoms with E-state index in [4.69, 9.17) is 5.73 Å². The van der Waals surface area contributed by atoms with Crippen molar-refractivity contribution in [3.05, 3.63) is 58.8 Å². The number of hydrogen-bond donors (Lipinski definition) is 1. The highest BCUT2D eigenvalue weighted by Gasteiger charge is 2.09. The van der Waals surface area contributed by atoms with Gasteiger partial charge in [-0.1, -0.05) is 24.3 Å². The zero-order chi connectivity index (χ0) is 14.5. The van der Waals surface area contributed by atoms with Crippen molar-refractivity contribution >= 4 is 16.5 Å². The van der Waals surface area contributed by atoms with Gasteiger partial charge in [-0.05, 0) is 49.1 Å². The fraction of sp³-hybridized carbons (Fsp3) is 0.353. The third-order valence-corrected chi connectivity index (χ3v) is 4.56. The van der Waals surface area contributed by atoms with E-state index in [1.54, 1.807) is 0 Å². The Kier molecular flexibility index (Phi) is 4.55. The first kappa shape index (κ1) is 14.1. The molecule has 0 atom stereocenters. The molecule has 1 aliphatic heterocycles. The zero-order valence-electron chi connectivity index (χ0n) is 12.2. The summed E-state index contributed by atoms with van der Waals surface area (Å²) >= 11 is 1.52. The molecule has 1 aliphatic carbocycles. The molecule has 2 heterocycles. The van der Waals surface area contributed by atoms with Gasteiger partial charge >= 0.3 is 0 Å². The molecule has 1 aromatic rings. The first-order valence-corrected chi connectivity index (χ1v) is 8.36. The van der Waals surface area contributed by atoms with Crippen molar-refractivity contribution in [1.82, 2.24) is 9.88 Å². The zero-order valence-corrected chi connectivity index (χ0v) is 13.0. The maximum absolute atomic E-state index is 5.65. The van der Waals surface area contributed by atoms with Crippen molar-refractivity contribution in [3.63, 3.8) is 0 Å². The van der Waals surface area contributed by atoms with Gasteiger partial charge in [0.05, 0.1) is 5.69 Å². The molecule has 0 unspecified atom stereocenters. The minimum absolute atomic E-state index is 0.672. The highest BCUT2D eigenvalue weighted by Crippen LogP contribution is 2.23. The van der Waals surface area contributed by atoms with Gasteiger partial charge < -0.3 is 10.6 Å². The fourth-order valence-electron chi connectivity index (χ4n) is 2.67. The average molecular weight is 299 g/mol. The number of hydrogen-bond acceptors (Lipinski definition) is 4. The summed E-state index contributed by atoms with van der Waals surface area (Å²) in [6.45, 7) is 2.07. The lowest BCUT2D eigenvalue weighted by Gasteiger charge is -2.23. The Hall–Kier alpha value is -1.81. The van der Waals surface area contributed by atoms with E-state index in [1.807, 2.05) is 0 Å². The first-order valence-electron chi connectivity index (χ1n) is 7.48. The Balaban J connectivity index is 1.44. The van der Waals surface area contributed by atoms with E-state index in [9.17, 15) is 0 Å². The van der Waals surface area contributed by atoms with Crippen LogP contribution in [0.5, 0.6) is 0 Å². The summed E-state index contributed by atoms with van der Waals surface area (Å²) in [5.74, 6) is 0. The van der Waals surface area contributed by atoms with Crippen LogP contribution in [0.25, 0.3) is 0 Å². The summed E-state index contributed by atoms with van der Waals surface area (Å²) in [5, 5.41) is 2.73. The molecule has 3 rings (SSSR count). The van der Waals surface area contributed by atoms with Gasteiger partial charge in [-0.2, -0.15) is 0 Å². The Morgan fingerprint density at radius 1 is 1.29 bits per heavy atom. The van der Waals surface area contributed by atoms with Crippen LogP contribution in [0.3, 0.4) is 0 Å². The molecule has 0 radical (unpaired) electrons. The number of aryl methyl sites for hydroxylation is 1. The van der Waals surface area contributed by atoms with E-state index < -0.39 is 0 Å². The van der Waals surface area contributed by atoms with Crippen LogP contribution in [0.15, 0.2) is 53.1 Å². The predicted octanol–water partition coefficient (Wildman–Crippen LogP) is 3.69. The molecule has 110 valence electrons. The molecule has 0 amide bonds. The lowest BCUT2D eigenvalue weighted by atomic mass is 9.96. The SMILES string of the molecule is Nc1nc(CCCN2C=CC(C3=CCC=CC3)=CC2)cs1. The summed E-state index contributed by atoms with van der Waals surface area (Å²) < 4.78 is 0. The van der Waals surface area contributed by atoms with Crippen LogP contribution in [0.2, 0.25) is 0 Å². The first-order chi connectivity index (χ1) is 10.3. The van der Waals surface area contributed by atoms with Crippen LogP contribution in [0.4, 0.5) is 5.13 Å². The molecule has 0 saturated heterocycles. The van der Waals surface area contributed by atoms with Gasteiger partial charge in [0.2, 0.25) is 0 Å². The number of nitrogen functional groups attached to an aromatic ring is 1. The second-order valence-corrected chi connectivity index (χ2v) is 6.28. The summed E-state index contributed by atoms with van der Waals surface area (Å²) in [4.78, 5) is 6.66. The minimum Gasteiger partial charge on any atom is -0.375 e. The van der Waals surface area contributed by atoms with Gasteiger partial charge in [0.25, 0.3) is 0 Å². The minimum atomic E-state index is 0.672. The van der Waals surface area contributed by atoms with Crippen molar-refractivity contribution in [2.24, 2.45) is 0 Å². The van der Waals surface area contributed by atoms with Crippen molar-refractivity contribution in [3.8, 4) is 0 Å². The van der Waals surface area contributed by atoms with Crippen LogP contribution in [0.1, 0.15) is 25.0 Å². The number of thiazole rings is 1. The summed E-state index contributed by atoms with van der Waals surface area (Å²) in [6, 6.07) is 0. The Morgan fingerprint density at radius 3 is 2.90 bits per heavy atom. The molecule has 21 heavy (non-hydrogen) atoms. The Labute approximate surface area is 130 Å². The molecule has 2 aliphatic rings. The second kappa shape index (κ2) is 6.76. The molecule has 0 aromatic carbocycles. The average Bonchev–Trinajstić information content (AvgIpc) is 2.94. The number of rotatable bonds is 5. The number of anilines is 1. The molecule has 3 nitrogen and oxygen atoms in total. The van der Waals surface area contributed by atoms with Crippen molar-refractivity contribution in [2.45, 2.75) is 25.7 Å². The van der Waals surface area contributed by atoms with E-state index in [0.717, 1.165) is 44.5 Å². The summed E-state index contributed by atoms with van der Waals surface area (Å²) in [5.41, 5.74) is 9.62. The largest absolute Gasteiger partial charge is 0.375 e. The van der Waals surface area contributed by atoms with Crippen LogP contribution in [0, 0.1) is 0 Å². The molecule has 0 bridgehead atoms. The molecule has 4 heteroatoms. The van der Waals surface area contributed by atoms with E-state index >= 15 is 0 Å². The van der Waals surface area contributed by atoms with Gasteiger partial charge in [0.1, 0.15) is 0 Å². The number of nitrogens with zero attached hydrogens (tertiary/aromatic N) is 2. The molecule has 1 aromatic heterocycles. The topological polar surface area (TPSA) is 42.1 Å². The number of allylic oxidation sites excluding steroid dienone is 6. The second-order valence-electron chi connectivity index (χ2n) is 5.39. The standard InChI is InChI=1S/C17H21N3S/c18-17-19-16(13-21-17)7-4-10-20-11-8-15(9-12-20)14-5-2-1-3-6-14/h1-2,6,8-9,11,13H,3-5,7,10,12H2,(H2,18,19). The van der Waals surface area contributed by atoms with Crippen molar-refractivity contribution < 1.29 is 0 Å². The summed E-state index contributed by atoms with van der Waals surface area (Å²) in [6.07, 6.45) is 17.9. The maximum atomic E-state index is 5.65. The Morgan fingerprint density at radius 2 is 2.24 bits per heavy atom. The predicted molar refractivity (Wildman–Crippen MR) is 90.1 cm³/mol. The monoisotopic (exact) mass is 299 g/mol. The molecule has 0 fully saturated rings.